The van der Waals surface area contributed by atoms with Gasteiger partial charge in [0.15, 0.2) is 0 Å². The second kappa shape index (κ2) is 10.1. The Morgan fingerprint density at radius 1 is 1.18 bits per heavy atom. The van der Waals surface area contributed by atoms with Gasteiger partial charge in [0.2, 0.25) is 0 Å². The van der Waals surface area contributed by atoms with Crippen LogP contribution in [0.4, 0.5) is 0 Å². The Morgan fingerprint density at radius 2 is 1.94 bits per heavy atom. The molecule has 0 fully saturated rings. The number of pyridine rings is 1. The lowest BCUT2D eigenvalue weighted by Crippen LogP contribution is -2.26. The topological polar surface area (TPSA) is 111 Å². The Morgan fingerprint density at radius 3 is 2.68 bits per heavy atom. The lowest BCUT2D eigenvalue weighted by Gasteiger charge is -2.16. The molecule has 8 nitrogen and oxygen atoms in total. The first-order valence-electron chi connectivity index (χ1n) is 10.2. The number of hydroxylamine groups is 1. The van der Waals surface area contributed by atoms with Crippen LogP contribution in [-0.2, 0) is 11.4 Å². The van der Waals surface area contributed by atoms with E-state index >= 15 is 0 Å². The number of fused-ring (bicyclic) bond motifs is 1. The highest BCUT2D eigenvalue weighted by molar-refractivity contribution is 6.33. The van der Waals surface area contributed by atoms with Gasteiger partial charge in [-0.2, -0.15) is 0 Å². The van der Waals surface area contributed by atoms with Gasteiger partial charge < -0.3 is 10.7 Å². The molecule has 0 aliphatic rings. The number of amides is 1. The Labute approximate surface area is 206 Å². The fourth-order valence-corrected chi connectivity index (χ4v) is 3.90. The third-order valence-electron chi connectivity index (χ3n) is 5.06. The van der Waals surface area contributed by atoms with Crippen LogP contribution >= 0.6 is 23.2 Å². The van der Waals surface area contributed by atoms with Crippen molar-refractivity contribution in [2.75, 3.05) is 7.11 Å². The minimum atomic E-state index is -0.452. The molecule has 174 valence electrons. The number of halogens is 2. The summed E-state index contributed by atoms with van der Waals surface area (Å²) < 4.78 is 1.90. The van der Waals surface area contributed by atoms with Crippen LogP contribution in [-0.4, -0.2) is 27.4 Å². The van der Waals surface area contributed by atoms with Gasteiger partial charge >= 0.3 is 0 Å². The molecule has 0 saturated heterocycles. The van der Waals surface area contributed by atoms with Crippen molar-refractivity contribution in [2.45, 2.75) is 6.54 Å². The largest absolute Gasteiger partial charge is 0.396 e. The summed E-state index contributed by atoms with van der Waals surface area (Å²) in [5.41, 5.74) is 13.2. The van der Waals surface area contributed by atoms with Gasteiger partial charge in [-0.25, -0.2) is 16.3 Å². The monoisotopic (exact) mass is 496 g/mol. The number of nitrogens with two attached hydrogens (primary N) is 2. The summed E-state index contributed by atoms with van der Waals surface area (Å²) >= 11 is 12.2. The Kier molecular flexibility index (Phi) is 7.04. The van der Waals surface area contributed by atoms with E-state index in [0.29, 0.717) is 27.1 Å². The maximum absolute atomic E-state index is 12.1. The summed E-state index contributed by atoms with van der Waals surface area (Å²) in [6.45, 7) is 0.276. The van der Waals surface area contributed by atoms with E-state index in [-0.39, 0.29) is 12.1 Å². The van der Waals surface area contributed by atoms with Crippen molar-refractivity contribution < 1.29 is 9.63 Å². The number of imidazole rings is 1. The van der Waals surface area contributed by atoms with Crippen molar-refractivity contribution >= 4 is 40.5 Å². The molecule has 0 atom stereocenters. The predicted molar refractivity (Wildman–Crippen MR) is 133 cm³/mol. The molecule has 2 aromatic heterocycles. The zero-order valence-electron chi connectivity index (χ0n) is 18.2. The van der Waals surface area contributed by atoms with E-state index in [2.05, 4.69) is 10.3 Å². The number of rotatable bonds is 7. The maximum Gasteiger partial charge on any atom is 0.276 e. The highest BCUT2D eigenvalue weighted by atomic mass is 35.5. The maximum atomic E-state index is 12.1. The number of carbonyl (C=O) groups excluding carboxylic acids is 1. The molecule has 1 amide bonds. The van der Waals surface area contributed by atoms with E-state index in [1.165, 1.54) is 12.1 Å². The number of aromatic nitrogens is 2. The standard InChI is InChI=1S/C24H22Cl2N6O2/c1-34-30-24(33)18-12-15(5-10-19(18)26)13-31(28)14-20(27)23-22(16-6-8-17(25)9-7-16)29-21-4-2-3-11-32(21)23/h2-12,14H,13,27-28H2,1H3,(H,30,33)/b20-14-. The van der Waals surface area contributed by atoms with E-state index in [4.69, 9.17) is 39.8 Å². The SMILES string of the molecule is CONC(=O)c1cc(CN(N)/C=C(\N)c2c(-c3ccc(Cl)cc3)nc3ccccn23)ccc1Cl. The summed E-state index contributed by atoms with van der Waals surface area (Å²) in [5, 5.41) is 2.37. The van der Waals surface area contributed by atoms with E-state index in [0.717, 1.165) is 16.8 Å². The third-order valence-corrected chi connectivity index (χ3v) is 5.64. The molecule has 0 spiro atoms. The summed E-state index contributed by atoms with van der Waals surface area (Å²) in [6.07, 6.45) is 3.51. The van der Waals surface area contributed by atoms with Crippen molar-refractivity contribution in [1.82, 2.24) is 19.9 Å². The lowest BCUT2D eigenvalue weighted by atomic mass is 10.1. The van der Waals surface area contributed by atoms with Gasteiger partial charge in [-0.1, -0.05) is 47.5 Å². The molecule has 0 aliphatic carbocycles. The second-order valence-corrected chi connectivity index (χ2v) is 8.29. The van der Waals surface area contributed by atoms with Crippen LogP contribution in [0.2, 0.25) is 10.0 Å². The van der Waals surface area contributed by atoms with E-state index in [1.807, 2.05) is 40.9 Å². The molecule has 0 bridgehead atoms. The second-order valence-electron chi connectivity index (χ2n) is 7.45. The average Bonchev–Trinajstić information content (AvgIpc) is 3.20. The fourth-order valence-electron chi connectivity index (χ4n) is 3.57. The molecule has 10 heteroatoms. The number of carbonyl (C=O) groups is 1. The number of hydrogen-bond acceptors (Lipinski definition) is 6. The molecule has 0 aliphatic heterocycles. The van der Waals surface area contributed by atoms with Crippen LogP contribution in [0, 0.1) is 0 Å². The summed E-state index contributed by atoms with van der Waals surface area (Å²) in [4.78, 5) is 21.6. The van der Waals surface area contributed by atoms with Crippen LogP contribution in [0.3, 0.4) is 0 Å². The first-order valence-corrected chi connectivity index (χ1v) is 11.0. The number of hydrazine groups is 1. The minimum absolute atomic E-state index is 0.276. The first-order chi connectivity index (χ1) is 16.4. The average molecular weight is 497 g/mol. The summed E-state index contributed by atoms with van der Waals surface area (Å²) in [5.74, 6) is 5.81. The highest BCUT2D eigenvalue weighted by Crippen LogP contribution is 2.29. The van der Waals surface area contributed by atoms with Crippen molar-refractivity contribution in [3.05, 3.63) is 99.9 Å². The molecular weight excluding hydrogens is 475 g/mol. The highest BCUT2D eigenvalue weighted by Gasteiger charge is 2.17. The van der Waals surface area contributed by atoms with Gasteiger partial charge in [0.05, 0.1) is 41.3 Å². The van der Waals surface area contributed by atoms with Gasteiger partial charge in [-0.3, -0.25) is 14.0 Å². The Hall–Kier alpha value is -3.56. The van der Waals surface area contributed by atoms with E-state index < -0.39 is 5.91 Å². The van der Waals surface area contributed by atoms with Crippen molar-refractivity contribution in [3.8, 4) is 11.3 Å². The fraction of sp³-hybridized carbons (Fsp3) is 0.0833. The van der Waals surface area contributed by atoms with E-state index in [1.54, 1.807) is 36.5 Å². The quantitative estimate of drug-likeness (QED) is 0.260. The van der Waals surface area contributed by atoms with Crippen molar-refractivity contribution in [2.24, 2.45) is 11.6 Å². The zero-order chi connectivity index (χ0) is 24.2. The third kappa shape index (κ3) is 5.00. The first kappa shape index (κ1) is 23.6. The van der Waals surface area contributed by atoms with E-state index in [9.17, 15) is 4.79 Å². The molecule has 5 N–H and O–H groups in total. The minimum Gasteiger partial charge on any atom is -0.396 e. The number of nitrogens with zero attached hydrogens (tertiary/aromatic N) is 3. The number of hydrogen-bond donors (Lipinski definition) is 3. The predicted octanol–water partition coefficient (Wildman–Crippen LogP) is 4.23. The van der Waals surface area contributed by atoms with Crippen molar-refractivity contribution in [1.29, 1.82) is 0 Å². The van der Waals surface area contributed by atoms with Crippen LogP contribution in [0.5, 0.6) is 0 Å². The molecule has 0 unspecified atom stereocenters. The molecule has 0 saturated carbocycles. The van der Waals surface area contributed by atoms with Crippen LogP contribution in [0.1, 0.15) is 21.6 Å². The number of nitrogens with one attached hydrogen (secondary N) is 1. The van der Waals surface area contributed by atoms with Crippen LogP contribution < -0.4 is 17.1 Å². The smallest absolute Gasteiger partial charge is 0.276 e. The van der Waals surface area contributed by atoms with Gasteiger partial charge in [0.1, 0.15) is 5.65 Å². The van der Waals surface area contributed by atoms with Crippen LogP contribution in [0.25, 0.3) is 22.6 Å². The lowest BCUT2D eigenvalue weighted by molar-refractivity contribution is 0.0537. The molecule has 34 heavy (non-hydrogen) atoms. The molecule has 2 heterocycles. The van der Waals surface area contributed by atoms with Gasteiger partial charge in [-0.15, -0.1) is 0 Å². The molecular formula is C24H22Cl2N6O2. The van der Waals surface area contributed by atoms with Gasteiger partial charge in [0, 0.05) is 23.0 Å². The zero-order valence-corrected chi connectivity index (χ0v) is 19.7. The Bertz CT molecular complexity index is 1370. The molecule has 4 rings (SSSR count). The molecule has 0 radical (unpaired) electrons. The van der Waals surface area contributed by atoms with Gasteiger partial charge in [-0.05, 0) is 42.0 Å². The van der Waals surface area contributed by atoms with Crippen molar-refractivity contribution in [3.63, 3.8) is 0 Å². The molecule has 2 aromatic carbocycles. The summed E-state index contributed by atoms with van der Waals surface area (Å²) in [6, 6.07) is 18.2. The van der Waals surface area contributed by atoms with Gasteiger partial charge in [0.25, 0.3) is 5.91 Å². The Balaban J connectivity index is 1.67. The molecule has 4 aromatic rings. The normalized spacial score (nSPS) is 11.6. The summed E-state index contributed by atoms with van der Waals surface area (Å²) in [7, 11) is 1.35. The number of benzene rings is 2. The van der Waals surface area contributed by atoms with Crippen LogP contribution in [0.15, 0.2) is 73.1 Å².